The van der Waals surface area contributed by atoms with Gasteiger partial charge in [0.05, 0.1) is 5.41 Å². The molecular weight excluding hydrogens is 1060 g/mol. The summed E-state index contributed by atoms with van der Waals surface area (Å²) >= 11 is 0. The molecule has 0 atom stereocenters. The van der Waals surface area contributed by atoms with Crippen molar-refractivity contribution >= 4 is 72.7 Å². The molecule has 0 bridgehead atoms. The van der Waals surface area contributed by atoms with Gasteiger partial charge in [0.15, 0.2) is 0 Å². The van der Waals surface area contributed by atoms with Gasteiger partial charge < -0.3 is 14.7 Å². The molecule has 0 fully saturated rings. The summed E-state index contributed by atoms with van der Waals surface area (Å²) in [5.74, 6) is 0. The van der Waals surface area contributed by atoms with Gasteiger partial charge in [-0.25, -0.2) is 0 Å². The Hall–Kier alpha value is -11.0. The Kier molecular flexibility index (Phi) is 13.7. The van der Waals surface area contributed by atoms with Crippen LogP contribution in [0.5, 0.6) is 0 Å². The fourth-order valence-corrected chi connectivity index (χ4v) is 13.7. The van der Waals surface area contributed by atoms with Gasteiger partial charge in [-0.15, -0.1) is 0 Å². The van der Waals surface area contributed by atoms with E-state index in [-0.39, 0.29) is 0 Å². The van der Waals surface area contributed by atoms with E-state index < -0.39 is 5.41 Å². The van der Waals surface area contributed by atoms with Gasteiger partial charge in [0, 0.05) is 51.2 Å². The lowest BCUT2D eigenvalue weighted by molar-refractivity contribution is 0.769. The van der Waals surface area contributed by atoms with Crippen molar-refractivity contribution in [1.82, 2.24) is 0 Å². The molecule has 0 aromatic heterocycles. The average Bonchev–Trinajstić information content (AvgIpc) is 1.54. The zero-order valence-electron chi connectivity index (χ0n) is 49.9. The zero-order chi connectivity index (χ0) is 59.3. The SMILES string of the molecule is Cc1ccc(N(c2ccc(C)cc2)c2ccc(C3(c4ccc(N(c5ccc(C)cc5)c5ccc(C)cc5)cc4)c4ccccc4-c4ccc(-c5c6ccccc6c(-c6ccc(N(c7ccccc7)c7ccccc7)cc6)c6ccccc56)cc43)cc2)cc1. The van der Waals surface area contributed by atoms with Crippen LogP contribution in [-0.2, 0) is 5.41 Å². The first-order valence-electron chi connectivity index (χ1n) is 30.6. The van der Waals surface area contributed by atoms with Crippen molar-refractivity contribution in [1.29, 1.82) is 0 Å². The summed E-state index contributed by atoms with van der Waals surface area (Å²) in [5.41, 5.74) is 26.3. The lowest BCUT2D eigenvalue weighted by atomic mass is 9.67. The largest absolute Gasteiger partial charge is 0.311 e. The van der Waals surface area contributed by atoms with E-state index in [1.807, 2.05) is 0 Å². The minimum atomic E-state index is -0.725. The highest BCUT2D eigenvalue weighted by atomic mass is 15.2. The lowest BCUT2D eigenvalue weighted by Crippen LogP contribution is -2.29. The lowest BCUT2D eigenvalue weighted by Gasteiger charge is -2.35. The van der Waals surface area contributed by atoms with Crippen LogP contribution in [0.2, 0.25) is 0 Å². The molecule has 14 aromatic rings. The van der Waals surface area contributed by atoms with E-state index in [2.05, 4.69) is 364 Å². The van der Waals surface area contributed by atoms with Crippen molar-refractivity contribution in [3.05, 3.63) is 366 Å². The van der Waals surface area contributed by atoms with E-state index in [1.54, 1.807) is 0 Å². The molecule has 14 aromatic carbocycles. The van der Waals surface area contributed by atoms with Crippen LogP contribution >= 0.6 is 0 Å². The molecule has 0 spiro atoms. The summed E-state index contributed by atoms with van der Waals surface area (Å²) in [6, 6.07) is 119. The predicted molar refractivity (Wildman–Crippen MR) is 373 cm³/mol. The smallest absolute Gasteiger partial charge is 0.0713 e. The first kappa shape index (κ1) is 53.7. The molecule has 0 N–H and O–H groups in total. The average molecular weight is 1130 g/mol. The first-order valence-corrected chi connectivity index (χ1v) is 30.6. The van der Waals surface area contributed by atoms with Crippen molar-refractivity contribution < 1.29 is 0 Å². The summed E-state index contributed by atoms with van der Waals surface area (Å²) < 4.78 is 0. The highest BCUT2D eigenvalue weighted by molar-refractivity contribution is 6.21. The molecule has 1 aliphatic rings. The van der Waals surface area contributed by atoms with E-state index in [0.717, 1.165) is 51.2 Å². The Morgan fingerprint density at radius 2 is 0.489 bits per heavy atom. The highest BCUT2D eigenvalue weighted by Crippen LogP contribution is 2.58. The van der Waals surface area contributed by atoms with Crippen molar-refractivity contribution in [2.45, 2.75) is 33.1 Å². The minimum Gasteiger partial charge on any atom is -0.311 e. The summed E-state index contributed by atoms with van der Waals surface area (Å²) in [5, 5.41) is 4.85. The first-order chi connectivity index (χ1) is 43.3. The fourth-order valence-electron chi connectivity index (χ4n) is 13.7. The zero-order valence-corrected chi connectivity index (χ0v) is 49.9. The van der Waals surface area contributed by atoms with Crippen molar-refractivity contribution in [2.24, 2.45) is 0 Å². The second-order valence-electron chi connectivity index (χ2n) is 23.6. The van der Waals surface area contributed by atoms with Gasteiger partial charge in [0.25, 0.3) is 0 Å². The topological polar surface area (TPSA) is 9.72 Å². The summed E-state index contributed by atoms with van der Waals surface area (Å²) in [7, 11) is 0. The van der Waals surface area contributed by atoms with Crippen LogP contribution in [0.3, 0.4) is 0 Å². The molecule has 3 heteroatoms. The van der Waals surface area contributed by atoms with Gasteiger partial charge in [-0.3, -0.25) is 0 Å². The summed E-state index contributed by atoms with van der Waals surface area (Å²) in [6.07, 6.45) is 0. The molecule has 0 amide bonds. The number of hydrogen-bond donors (Lipinski definition) is 0. The Bertz CT molecular complexity index is 4500. The third-order valence-electron chi connectivity index (χ3n) is 18.0. The van der Waals surface area contributed by atoms with Gasteiger partial charge >= 0.3 is 0 Å². The molecule has 3 nitrogen and oxygen atoms in total. The molecule has 0 radical (unpaired) electrons. The van der Waals surface area contributed by atoms with Crippen LogP contribution in [0.15, 0.2) is 322 Å². The van der Waals surface area contributed by atoms with E-state index in [0.29, 0.717) is 0 Å². The number of hydrogen-bond acceptors (Lipinski definition) is 3. The second-order valence-corrected chi connectivity index (χ2v) is 23.6. The van der Waals surface area contributed by atoms with Gasteiger partial charge in [-0.05, 0) is 220 Å². The second kappa shape index (κ2) is 22.4. The quantitative estimate of drug-likeness (QED) is 0.107. The molecule has 0 heterocycles. The van der Waals surface area contributed by atoms with Gasteiger partial charge in [0.2, 0.25) is 0 Å². The van der Waals surface area contributed by atoms with Crippen LogP contribution in [0.4, 0.5) is 51.2 Å². The molecule has 1 aliphatic carbocycles. The molecule has 0 saturated heterocycles. The minimum absolute atomic E-state index is 0.725. The third-order valence-corrected chi connectivity index (χ3v) is 18.0. The molecule has 15 rings (SSSR count). The number of benzene rings is 14. The van der Waals surface area contributed by atoms with Crippen molar-refractivity contribution in [3.8, 4) is 33.4 Å². The monoisotopic (exact) mass is 1130 g/mol. The standard InChI is InChI=1S/C85H65N3/c1-58-27-42-68(43-28-58)87(69-44-29-59(2)30-45-69)73-52-38-64(39-53-73)85(65-40-54-74(55-41-65)88(70-46-31-60(3)32-47-70)71-48-33-61(4)34-49-71)81-26-16-15-21-75(81)76-56-37-63(57-82(76)85)84-79-24-13-11-22-77(79)83(78-23-12-14-25-80(78)84)62-35-50-72(51-36-62)86(66-17-7-5-8-18-66)67-19-9-6-10-20-67/h5-57H,1-4H3. The number of aryl methyl sites for hydroxylation is 4. The van der Waals surface area contributed by atoms with E-state index in [1.165, 1.54) is 99.4 Å². The van der Waals surface area contributed by atoms with E-state index in [4.69, 9.17) is 0 Å². The molecule has 0 unspecified atom stereocenters. The van der Waals surface area contributed by atoms with Crippen LogP contribution in [0.1, 0.15) is 44.5 Å². The molecule has 0 saturated carbocycles. The maximum absolute atomic E-state index is 2.54. The maximum Gasteiger partial charge on any atom is 0.0713 e. The number of fused-ring (bicyclic) bond motifs is 5. The normalized spacial score (nSPS) is 12.2. The molecule has 88 heavy (non-hydrogen) atoms. The number of para-hydroxylation sites is 2. The molecule has 0 aliphatic heterocycles. The van der Waals surface area contributed by atoms with Crippen molar-refractivity contribution in [3.63, 3.8) is 0 Å². The number of rotatable bonds is 13. The van der Waals surface area contributed by atoms with Gasteiger partial charge in [0.1, 0.15) is 0 Å². The van der Waals surface area contributed by atoms with E-state index >= 15 is 0 Å². The van der Waals surface area contributed by atoms with Crippen LogP contribution in [0.25, 0.3) is 54.9 Å². The summed E-state index contributed by atoms with van der Waals surface area (Å²) in [6.45, 7) is 8.61. The van der Waals surface area contributed by atoms with Crippen LogP contribution < -0.4 is 14.7 Å². The maximum atomic E-state index is 2.54. The number of anilines is 9. The molecular formula is C85H65N3. The third kappa shape index (κ3) is 9.40. The van der Waals surface area contributed by atoms with Crippen LogP contribution in [0, 0.1) is 27.7 Å². The Labute approximate surface area is 517 Å². The Morgan fingerprint density at radius 3 is 0.864 bits per heavy atom. The highest BCUT2D eigenvalue weighted by Gasteiger charge is 2.46. The van der Waals surface area contributed by atoms with Gasteiger partial charge in [-0.1, -0.05) is 229 Å². The summed E-state index contributed by atoms with van der Waals surface area (Å²) in [4.78, 5) is 7.08. The Balaban J connectivity index is 0.927. The number of nitrogens with zero attached hydrogens (tertiary/aromatic N) is 3. The van der Waals surface area contributed by atoms with E-state index in [9.17, 15) is 0 Å². The van der Waals surface area contributed by atoms with Gasteiger partial charge in [-0.2, -0.15) is 0 Å². The molecule has 420 valence electrons. The predicted octanol–water partition coefficient (Wildman–Crippen LogP) is 23.3. The van der Waals surface area contributed by atoms with Crippen LogP contribution in [-0.4, -0.2) is 0 Å². The Morgan fingerprint density at radius 1 is 0.216 bits per heavy atom. The fraction of sp³-hybridized carbons (Fsp3) is 0.0588. The van der Waals surface area contributed by atoms with Crippen molar-refractivity contribution in [2.75, 3.05) is 14.7 Å².